The number of nitrogens with two attached hydrogens (primary N) is 2. The Balaban J connectivity index is 2.67. The maximum absolute atomic E-state index is 12.0. The van der Waals surface area contributed by atoms with Gasteiger partial charge in [-0.25, -0.2) is 13.1 Å². The largest absolute Gasteiger partial charge is 0.398 e. The third-order valence-corrected chi connectivity index (χ3v) is 4.64. The molecule has 1 amide bonds. The number of primary amides is 1. The van der Waals surface area contributed by atoms with E-state index in [1.807, 2.05) is 0 Å². The van der Waals surface area contributed by atoms with Crippen LogP contribution < -0.4 is 16.2 Å². The number of rotatable bonds is 7. The summed E-state index contributed by atoms with van der Waals surface area (Å²) in [6.07, 6.45) is 1.30. The monoisotopic (exact) mass is 319 g/mol. The molecular formula is C12H18ClN3O3S. The smallest absolute Gasteiger partial charge is 0.240 e. The summed E-state index contributed by atoms with van der Waals surface area (Å²) >= 11 is 5.92. The van der Waals surface area contributed by atoms with E-state index < -0.39 is 15.9 Å². The minimum atomic E-state index is -3.65. The zero-order valence-electron chi connectivity index (χ0n) is 11.1. The van der Waals surface area contributed by atoms with Crippen molar-refractivity contribution in [3.63, 3.8) is 0 Å². The van der Waals surface area contributed by atoms with Gasteiger partial charge in [-0.1, -0.05) is 11.6 Å². The van der Waals surface area contributed by atoms with Gasteiger partial charge in [-0.2, -0.15) is 0 Å². The molecule has 0 fully saturated rings. The second kappa shape index (κ2) is 6.92. The molecule has 0 heterocycles. The molecule has 0 atom stereocenters. The fourth-order valence-corrected chi connectivity index (χ4v) is 2.97. The first-order valence-electron chi connectivity index (χ1n) is 6.07. The van der Waals surface area contributed by atoms with Gasteiger partial charge in [0.1, 0.15) is 0 Å². The van der Waals surface area contributed by atoms with Crippen LogP contribution in [-0.2, 0) is 14.8 Å². The first-order chi connectivity index (χ1) is 9.24. The van der Waals surface area contributed by atoms with Gasteiger partial charge in [0.15, 0.2) is 0 Å². The Kier molecular flexibility index (Phi) is 5.79. The molecule has 0 saturated heterocycles. The van der Waals surface area contributed by atoms with E-state index in [1.54, 1.807) is 6.92 Å². The number of unbranched alkanes of at least 4 members (excludes halogenated alkanes) is 1. The molecule has 1 aromatic rings. The zero-order valence-corrected chi connectivity index (χ0v) is 12.7. The van der Waals surface area contributed by atoms with Crippen LogP contribution >= 0.6 is 11.6 Å². The highest BCUT2D eigenvalue weighted by molar-refractivity contribution is 7.89. The molecule has 1 rings (SSSR count). The second-order valence-electron chi connectivity index (χ2n) is 4.44. The third kappa shape index (κ3) is 4.66. The number of benzene rings is 1. The van der Waals surface area contributed by atoms with Gasteiger partial charge in [-0.05, 0) is 37.5 Å². The number of nitrogen functional groups attached to an aromatic ring is 1. The summed E-state index contributed by atoms with van der Waals surface area (Å²) in [4.78, 5) is 10.6. The van der Waals surface area contributed by atoms with Gasteiger partial charge in [0.05, 0.1) is 4.90 Å². The summed E-state index contributed by atoms with van der Waals surface area (Å²) in [7, 11) is -3.65. The molecule has 5 N–H and O–H groups in total. The molecule has 6 nitrogen and oxygen atoms in total. The Morgan fingerprint density at radius 2 is 2.00 bits per heavy atom. The normalized spacial score (nSPS) is 11.5. The van der Waals surface area contributed by atoms with Crippen molar-refractivity contribution in [1.29, 1.82) is 0 Å². The first kappa shape index (κ1) is 16.7. The van der Waals surface area contributed by atoms with Gasteiger partial charge >= 0.3 is 0 Å². The van der Waals surface area contributed by atoms with Crippen LogP contribution in [0, 0.1) is 6.92 Å². The molecule has 0 aliphatic carbocycles. The van der Waals surface area contributed by atoms with Crippen LogP contribution in [0.1, 0.15) is 24.8 Å². The number of amides is 1. The van der Waals surface area contributed by atoms with Crippen molar-refractivity contribution in [1.82, 2.24) is 4.72 Å². The predicted octanol–water partition coefficient (Wildman–Crippen LogP) is 1.16. The second-order valence-corrected chi connectivity index (χ2v) is 6.61. The van der Waals surface area contributed by atoms with Crippen molar-refractivity contribution in [2.45, 2.75) is 31.1 Å². The van der Waals surface area contributed by atoms with E-state index in [4.69, 9.17) is 23.1 Å². The Bertz CT molecular complexity index is 579. The number of hydrogen-bond acceptors (Lipinski definition) is 4. The molecule has 0 saturated carbocycles. The molecule has 1 aromatic carbocycles. The molecule has 0 aromatic heterocycles. The lowest BCUT2D eigenvalue weighted by molar-refractivity contribution is -0.118. The molecule has 0 aliphatic heterocycles. The van der Waals surface area contributed by atoms with Crippen molar-refractivity contribution in [2.75, 3.05) is 12.3 Å². The van der Waals surface area contributed by atoms with Gasteiger partial charge in [0.25, 0.3) is 0 Å². The Morgan fingerprint density at radius 1 is 1.35 bits per heavy atom. The van der Waals surface area contributed by atoms with E-state index in [1.165, 1.54) is 12.1 Å². The minimum Gasteiger partial charge on any atom is -0.398 e. The van der Waals surface area contributed by atoms with Gasteiger partial charge in [-0.15, -0.1) is 0 Å². The van der Waals surface area contributed by atoms with Crippen molar-refractivity contribution in [3.8, 4) is 0 Å². The average Bonchev–Trinajstić information content (AvgIpc) is 2.34. The van der Waals surface area contributed by atoms with E-state index in [9.17, 15) is 13.2 Å². The Morgan fingerprint density at radius 3 is 2.55 bits per heavy atom. The number of anilines is 1. The molecule has 0 bridgehead atoms. The summed E-state index contributed by atoms with van der Waals surface area (Å²) < 4.78 is 26.5. The molecule has 112 valence electrons. The minimum absolute atomic E-state index is 0.0282. The zero-order chi connectivity index (χ0) is 15.3. The van der Waals surface area contributed by atoms with Crippen LogP contribution in [0.15, 0.2) is 17.0 Å². The summed E-state index contributed by atoms with van der Waals surface area (Å²) in [5.74, 6) is -0.397. The summed E-state index contributed by atoms with van der Waals surface area (Å²) in [5, 5.41) is 0.305. The lowest BCUT2D eigenvalue weighted by atomic mass is 10.2. The van der Waals surface area contributed by atoms with Crippen LogP contribution in [-0.4, -0.2) is 20.9 Å². The van der Waals surface area contributed by atoms with E-state index in [0.29, 0.717) is 29.1 Å². The van der Waals surface area contributed by atoms with Crippen LogP contribution in [0.5, 0.6) is 0 Å². The number of sulfonamides is 1. The molecule has 0 unspecified atom stereocenters. The Labute approximate surface area is 123 Å². The predicted molar refractivity (Wildman–Crippen MR) is 78.8 cm³/mol. The number of carbonyl (C=O) groups is 1. The van der Waals surface area contributed by atoms with Crippen LogP contribution in [0.4, 0.5) is 5.69 Å². The maximum atomic E-state index is 12.0. The highest BCUT2D eigenvalue weighted by Gasteiger charge is 2.16. The fourth-order valence-electron chi connectivity index (χ4n) is 1.54. The van der Waals surface area contributed by atoms with Gasteiger partial charge in [0.2, 0.25) is 15.9 Å². The van der Waals surface area contributed by atoms with E-state index in [-0.39, 0.29) is 17.9 Å². The summed E-state index contributed by atoms with van der Waals surface area (Å²) in [5.41, 5.74) is 11.7. The number of hydrogen-bond donors (Lipinski definition) is 3. The summed E-state index contributed by atoms with van der Waals surface area (Å²) in [6, 6.07) is 2.73. The van der Waals surface area contributed by atoms with Crippen LogP contribution in [0.3, 0.4) is 0 Å². The lowest BCUT2D eigenvalue weighted by Crippen LogP contribution is -2.25. The number of carbonyl (C=O) groups excluding carboxylic acids is 1. The molecular weight excluding hydrogens is 302 g/mol. The van der Waals surface area contributed by atoms with Crippen LogP contribution in [0.2, 0.25) is 5.02 Å². The van der Waals surface area contributed by atoms with E-state index in [0.717, 1.165) is 0 Å². The van der Waals surface area contributed by atoms with Crippen molar-refractivity contribution < 1.29 is 13.2 Å². The van der Waals surface area contributed by atoms with Gasteiger partial charge in [-0.3, -0.25) is 4.79 Å². The average molecular weight is 320 g/mol. The van der Waals surface area contributed by atoms with E-state index in [2.05, 4.69) is 4.72 Å². The molecule has 0 spiro atoms. The van der Waals surface area contributed by atoms with Crippen molar-refractivity contribution in [3.05, 3.63) is 22.7 Å². The standard InChI is InChI=1S/C12H18ClN3O3S/c1-8-10(13)6-9(7-11(8)14)20(18,19)16-5-3-2-4-12(15)17/h6-7,16H,2-5,14H2,1H3,(H2,15,17). The third-order valence-electron chi connectivity index (χ3n) is 2.81. The molecule has 0 aliphatic rings. The van der Waals surface area contributed by atoms with Gasteiger partial charge < -0.3 is 11.5 Å². The summed E-state index contributed by atoms with van der Waals surface area (Å²) in [6.45, 7) is 1.94. The highest BCUT2D eigenvalue weighted by atomic mass is 35.5. The lowest BCUT2D eigenvalue weighted by Gasteiger charge is -2.10. The topological polar surface area (TPSA) is 115 Å². The quantitative estimate of drug-likeness (QED) is 0.516. The van der Waals surface area contributed by atoms with E-state index >= 15 is 0 Å². The SMILES string of the molecule is Cc1c(N)cc(S(=O)(=O)NCCCCC(N)=O)cc1Cl. The molecule has 8 heteroatoms. The molecule has 20 heavy (non-hydrogen) atoms. The van der Waals surface area contributed by atoms with Crippen LogP contribution in [0.25, 0.3) is 0 Å². The number of halogens is 1. The highest BCUT2D eigenvalue weighted by Crippen LogP contribution is 2.25. The fraction of sp³-hybridized carbons (Fsp3) is 0.417. The van der Waals surface area contributed by atoms with Gasteiger partial charge in [0, 0.05) is 23.7 Å². The number of nitrogens with one attached hydrogen (secondary N) is 1. The first-order valence-corrected chi connectivity index (χ1v) is 7.93. The Hall–Kier alpha value is -1.31. The van der Waals surface area contributed by atoms with Crippen molar-refractivity contribution in [2.24, 2.45) is 5.73 Å². The van der Waals surface area contributed by atoms with Crippen molar-refractivity contribution >= 4 is 33.2 Å². The molecule has 0 radical (unpaired) electrons. The maximum Gasteiger partial charge on any atom is 0.240 e.